The zero-order valence-electron chi connectivity index (χ0n) is 11.1. The second kappa shape index (κ2) is 5.57. The van der Waals surface area contributed by atoms with E-state index in [1.54, 1.807) is 6.07 Å². The van der Waals surface area contributed by atoms with Crippen LogP contribution in [0.5, 0.6) is 0 Å². The number of thiophene rings is 1. The van der Waals surface area contributed by atoms with Crippen molar-refractivity contribution in [3.8, 4) is 22.8 Å². The van der Waals surface area contributed by atoms with Crippen LogP contribution < -0.4 is 5.73 Å². The van der Waals surface area contributed by atoms with Crippen LogP contribution in [0.15, 0.2) is 33.3 Å². The first-order chi connectivity index (χ1) is 10.1. The normalized spacial score (nSPS) is 11.0. The zero-order valence-corrected chi connectivity index (χ0v) is 13.5. The lowest BCUT2D eigenvalue weighted by molar-refractivity contribution is 0.432. The minimum Gasteiger partial charge on any atom is -0.390 e. The molecular formula is C14H11BrFN3OS. The van der Waals surface area contributed by atoms with Gasteiger partial charge in [0.05, 0.1) is 10.6 Å². The molecule has 4 nitrogen and oxygen atoms in total. The number of aromatic nitrogens is 2. The molecule has 0 saturated heterocycles. The largest absolute Gasteiger partial charge is 0.390 e. The average molecular weight is 368 g/mol. The highest BCUT2D eigenvalue weighted by molar-refractivity contribution is 9.10. The summed E-state index contributed by atoms with van der Waals surface area (Å²) >= 11 is 4.81. The Labute approximate surface area is 132 Å². The lowest BCUT2D eigenvalue weighted by Gasteiger charge is -1.98. The Morgan fingerprint density at radius 3 is 2.81 bits per heavy atom. The predicted molar refractivity (Wildman–Crippen MR) is 84.5 cm³/mol. The molecule has 0 unspecified atom stereocenters. The van der Waals surface area contributed by atoms with Crippen molar-refractivity contribution in [3.63, 3.8) is 0 Å². The van der Waals surface area contributed by atoms with Gasteiger partial charge in [0.15, 0.2) is 0 Å². The van der Waals surface area contributed by atoms with Gasteiger partial charge in [-0.05, 0) is 46.6 Å². The number of aryl methyl sites for hydroxylation is 1. The first-order valence-corrected chi connectivity index (χ1v) is 7.87. The minimum atomic E-state index is -0.330. The van der Waals surface area contributed by atoms with E-state index < -0.39 is 0 Å². The van der Waals surface area contributed by atoms with Crippen LogP contribution in [0.4, 0.5) is 9.39 Å². The molecule has 0 bridgehead atoms. The number of hydrogen-bond acceptors (Lipinski definition) is 5. The summed E-state index contributed by atoms with van der Waals surface area (Å²) in [4.78, 5) is 5.50. The molecule has 2 heterocycles. The summed E-state index contributed by atoms with van der Waals surface area (Å²) in [6, 6.07) is 6.27. The van der Waals surface area contributed by atoms with E-state index in [1.807, 2.05) is 6.07 Å². The third-order valence-corrected chi connectivity index (χ3v) is 4.75. The van der Waals surface area contributed by atoms with Crippen molar-refractivity contribution in [2.75, 3.05) is 5.73 Å². The van der Waals surface area contributed by atoms with Crippen molar-refractivity contribution in [1.82, 2.24) is 10.1 Å². The number of nitrogens with zero attached hydrogens (tertiary/aromatic N) is 2. The van der Waals surface area contributed by atoms with Gasteiger partial charge >= 0.3 is 0 Å². The van der Waals surface area contributed by atoms with Crippen LogP contribution in [-0.2, 0) is 6.42 Å². The molecule has 21 heavy (non-hydrogen) atoms. The summed E-state index contributed by atoms with van der Waals surface area (Å²) in [6.07, 6.45) is 0.902. The van der Waals surface area contributed by atoms with Crippen LogP contribution in [0.2, 0.25) is 0 Å². The molecule has 0 aliphatic rings. The number of benzene rings is 1. The van der Waals surface area contributed by atoms with Gasteiger partial charge in [0.1, 0.15) is 5.82 Å². The van der Waals surface area contributed by atoms with Crippen LogP contribution in [-0.4, -0.2) is 10.1 Å². The third-order valence-electron chi connectivity index (χ3n) is 2.99. The van der Waals surface area contributed by atoms with Crippen molar-refractivity contribution in [3.05, 3.63) is 39.4 Å². The molecule has 0 fully saturated rings. The van der Waals surface area contributed by atoms with E-state index in [0.29, 0.717) is 26.8 Å². The Morgan fingerprint density at radius 1 is 1.33 bits per heavy atom. The molecule has 0 saturated carbocycles. The molecule has 3 rings (SSSR count). The summed E-state index contributed by atoms with van der Waals surface area (Å²) in [6.45, 7) is 2.06. The van der Waals surface area contributed by atoms with Crippen LogP contribution >= 0.6 is 27.3 Å². The number of halogens is 2. The molecule has 2 aromatic heterocycles. The molecule has 0 atom stereocenters. The first-order valence-electron chi connectivity index (χ1n) is 6.26. The lowest BCUT2D eigenvalue weighted by atomic mass is 10.2. The van der Waals surface area contributed by atoms with Crippen LogP contribution in [0.1, 0.15) is 11.8 Å². The maximum absolute atomic E-state index is 13.1. The van der Waals surface area contributed by atoms with E-state index in [0.717, 1.165) is 16.9 Å². The van der Waals surface area contributed by atoms with Gasteiger partial charge in [-0.2, -0.15) is 4.98 Å². The summed E-state index contributed by atoms with van der Waals surface area (Å²) in [5.74, 6) is 0.430. The van der Waals surface area contributed by atoms with Gasteiger partial charge in [-0.25, -0.2) is 4.39 Å². The molecule has 0 spiro atoms. The van der Waals surface area contributed by atoms with Gasteiger partial charge in [-0.1, -0.05) is 12.1 Å². The van der Waals surface area contributed by atoms with Gasteiger partial charge in [0.2, 0.25) is 5.82 Å². The Kier molecular flexibility index (Phi) is 3.77. The number of nitrogens with two attached hydrogens (primary N) is 1. The fourth-order valence-electron chi connectivity index (χ4n) is 1.91. The smallest absolute Gasteiger partial charge is 0.261 e. The van der Waals surface area contributed by atoms with Gasteiger partial charge in [0, 0.05) is 14.9 Å². The van der Waals surface area contributed by atoms with Crippen molar-refractivity contribution in [1.29, 1.82) is 0 Å². The highest BCUT2D eigenvalue weighted by atomic mass is 79.9. The Balaban J connectivity index is 2.01. The maximum Gasteiger partial charge on any atom is 0.261 e. The summed E-state index contributed by atoms with van der Waals surface area (Å²) in [7, 11) is 0. The quantitative estimate of drug-likeness (QED) is 0.739. The molecule has 0 radical (unpaired) electrons. The van der Waals surface area contributed by atoms with Crippen LogP contribution in [0, 0.1) is 5.82 Å². The fraction of sp³-hybridized carbons (Fsp3) is 0.143. The van der Waals surface area contributed by atoms with Gasteiger partial charge in [-0.15, -0.1) is 11.3 Å². The monoisotopic (exact) mass is 367 g/mol. The predicted octanol–water partition coefficient (Wildman–Crippen LogP) is 4.51. The van der Waals surface area contributed by atoms with Gasteiger partial charge in [-0.3, -0.25) is 0 Å². The second-order valence-electron chi connectivity index (χ2n) is 4.39. The molecule has 0 aliphatic heterocycles. The van der Waals surface area contributed by atoms with E-state index in [-0.39, 0.29) is 5.82 Å². The summed E-state index contributed by atoms with van der Waals surface area (Å²) < 4.78 is 19.0. The first kappa shape index (κ1) is 14.2. The molecule has 108 valence electrons. The maximum atomic E-state index is 13.1. The third kappa shape index (κ3) is 2.71. The molecule has 3 aromatic rings. The van der Waals surface area contributed by atoms with Crippen LogP contribution in [0.3, 0.4) is 0 Å². The van der Waals surface area contributed by atoms with Crippen molar-refractivity contribution in [2.45, 2.75) is 13.3 Å². The van der Waals surface area contributed by atoms with E-state index in [9.17, 15) is 4.39 Å². The number of rotatable bonds is 3. The fourth-order valence-corrected chi connectivity index (χ4v) is 3.30. The van der Waals surface area contributed by atoms with Gasteiger partial charge in [0.25, 0.3) is 5.89 Å². The Morgan fingerprint density at radius 2 is 2.14 bits per heavy atom. The Hall–Kier alpha value is -1.73. The molecule has 2 N–H and O–H groups in total. The molecule has 0 amide bonds. The number of nitrogen functional groups attached to an aromatic ring is 1. The molecular weight excluding hydrogens is 357 g/mol. The topological polar surface area (TPSA) is 64.9 Å². The zero-order chi connectivity index (χ0) is 15.0. The minimum absolute atomic E-state index is 0.330. The highest BCUT2D eigenvalue weighted by Gasteiger charge is 2.17. The van der Waals surface area contributed by atoms with Gasteiger partial charge < -0.3 is 10.3 Å². The standard InChI is InChI=1S/C14H11BrFN3OS/c1-2-8-6-10(12(17)21-8)14-18-13(19-20-14)9-4-3-7(16)5-11(9)15/h3-6H,2,17H2,1H3. The van der Waals surface area contributed by atoms with E-state index >= 15 is 0 Å². The lowest BCUT2D eigenvalue weighted by Crippen LogP contribution is -1.86. The highest BCUT2D eigenvalue weighted by Crippen LogP contribution is 2.35. The van der Waals surface area contributed by atoms with Crippen molar-refractivity contribution < 1.29 is 8.91 Å². The summed E-state index contributed by atoms with van der Waals surface area (Å²) in [5, 5.41) is 4.59. The van der Waals surface area contributed by atoms with Crippen LogP contribution in [0.25, 0.3) is 22.8 Å². The molecule has 7 heteroatoms. The SMILES string of the molecule is CCc1cc(-c2nc(-c3ccc(F)cc3Br)no2)c(N)s1. The number of hydrogen-bond donors (Lipinski definition) is 1. The van der Waals surface area contributed by atoms with E-state index in [4.69, 9.17) is 10.3 Å². The molecule has 1 aromatic carbocycles. The number of anilines is 1. The average Bonchev–Trinajstić information content (AvgIpc) is 3.05. The Bertz CT molecular complexity index is 799. The molecule has 0 aliphatic carbocycles. The summed E-state index contributed by atoms with van der Waals surface area (Å²) in [5.41, 5.74) is 7.39. The second-order valence-corrected chi connectivity index (χ2v) is 6.41. The van der Waals surface area contributed by atoms with E-state index in [1.165, 1.54) is 23.5 Å². The van der Waals surface area contributed by atoms with Crippen molar-refractivity contribution in [2.24, 2.45) is 0 Å². The van der Waals surface area contributed by atoms with Crippen molar-refractivity contribution >= 4 is 32.3 Å². The van der Waals surface area contributed by atoms with E-state index in [2.05, 4.69) is 33.0 Å².